The molecule has 0 aliphatic heterocycles. The van der Waals surface area contributed by atoms with Crippen molar-refractivity contribution in [2.45, 2.75) is 20.1 Å². The van der Waals surface area contributed by atoms with E-state index in [2.05, 4.69) is 10.1 Å². The number of hydrogen-bond acceptors (Lipinski definition) is 3. The van der Waals surface area contributed by atoms with Crippen LogP contribution in [-0.2, 0) is 6.54 Å². The number of ether oxygens (including phenoxy) is 2. The molecule has 0 aromatic heterocycles. The van der Waals surface area contributed by atoms with Gasteiger partial charge in [-0.1, -0.05) is 12.1 Å². The Bertz CT molecular complexity index is 735. The Balaban J connectivity index is 2.07. The summed E-state index contributed by atoms with van der Waals surface area (Å²) in [6, 6.07) is 8.53. The molecule has 1 N–H and O–H groups in total. The number of amides is 1. The quantitative estimate of drug-likeness (QED) is 0.873. The maximum atomic E-state index is 13.5. The summed E-state index contributed by atoms with van der Waals surface area (Å²) in [5.41, 5.74) is 1.33. The highest BCUT2D eigenvalue weighted by Crippen LogP contribution is 2.29. The third kappa shape index (κ3) is 4.41. The number of aryl methyl sites for hydroxylation is 1. The minimum absolute atomic E-state index is 0.0179. The summed E-state index contributed by atoms with van der Waals surface area (Å²) in [6.07, 6.45) is 0. The van der Waals surface area contributed by atoms with Crippen molar-refractivity contribution in [1.29, 1.82) is 0 Å². The second-order valence-electron chi connectivity index (χ2n) is 5.01. The van der Waals surface area contributed by atoms with Gasteiger partial charge in [-0.15, -0.1) is 0 Å². The van der Waals surface area contributed by atoms with Gasteiger partial charge in [-0.25, -0.2) is 4.39 Å². The first-order valence-electron chi connectivity index (χ1n) is 7.06. The molecule has 0 bridgehead atoms. The molecule has 1 amide bonds. The van der Waals surface area contributed by atoms with Crippen molar-refractivity contribution < 1.29 is 27.4 Å². The van der Waals surface area contributed by atoms with Gasteiger partial charge >= 0.3 is 6.61 Å². The van der Waals surface area contributed by atoms with E-state index in [0.717, 1.165) is 0 Å². The first-order valence-corrected chi connectivity index (χ1v) is 7.06. The molecular formula is C17H16F3NO3. The number of alkyl halides is 2. The van der Waals surface area contributed by atoms with E-state index in [1.807, 2.05) is 0 Å². The molecule has 0 heterocycles. The Morgan fingerprint density at radius 2 is 1.92 bits per heavy atom. The number of halogens is 3. The van der Waals surface area contributed by atoms with E-state index >= 15 is 0 Å². The summed E-state index contributed by atoms with van der Waals surface area (Å²) in [5, 5.41) is 2.62. The SMILES string of the molecule is COc1cc(C(=O)NCc2ccc(C)c(F)c2)ccc1OC(F)F. The number of benzene rings is 2. The van der Waals surface area contributed by atoms with Crippen LogP contribution in [-0.4, -0.2) is 19.6 Å². The summed E-state index contributed by atoms with van der Waals surface area (Å²) in [5.74, 6) is -0.941. The zero-order valence-electron chi connectivity index (χ0n) is 13.1. The molecule has 24 heavy (non-hydrogen) atoms. The lowest BCUT2D eigenvalue weighted by Gasteiger charge is -2.11. The van der Waals surface area contributed by atoms with Crippen molar-refractivity contribution in [1.82, 2.24) is 5.32 Å². The summed E-state index contributed by atoms with van der Waals surface area (Å²) >= 11 is 0. The zero-order valence-corrected chi connectivity index (χ0v) is 13.1. The van der Waals surface area contributed by atoms with E-state index in [-0.39, 0.29) is 29.4 Å². The van der Waals surface area contributed by atoms with Crippen LogP contribution in [0.1, 0.15) is 21.5 Å². The zero-order chi connectivity index (χ0) is 17.7. The molecule has 0 saturated heterocycles. The predicted octanol–water partition coefficient (Wildman–Crippen LogP) is 3.67. The van der Waals surface area contributed by atoms with Gasteiger partial charge in [0.15, 0.2) is 11.5 Å². The van der Waals surface area contributed by atoms with Gasteiger partial charge in [-0.2, -0.15) is 8.78 Å². The number of hydrogen-bond donors (Lipinski definition) is 1. The Morgan fingerprint density at radius 3 is 2.54 bits per heavy atom. The van der Waals surface area contributed by atoms with E-state index in [4.69, 9.17) is 4.74 Å². The molecule has 0 unspecified atom stereocenters. The van der Waals surface area contributed by atoms with Crippen LogP contribution in [0.2, 0.25) is 0 Å². The fraction of sp³-hybridized carbons (Fsp3) is 0.235. The van der Waals surface area contributed by atoms with Gasteiger partial charge in [0.05, 0.1) is 7.11 Å². The maximum Gasteiger partial charge on any atom is 0.387 e. The molecule has 4 nitrogen and oxygen atoms in total. The molecule has 0 aliphatic carbocycles. The lowest BCUT2D eigenvalue weighted by molar-refractivity contribution is -0.0512. The highest BCUT2D eigenvalue weighted by molar-refractivity contribution is 5.94. The molecular weight excluding hydrogens is 323 g/mol. The molecule has 0 aliphatic rings. The molecule has 0 spiro atoms. The predicted molar refractivity (Wildman–Crippen MR) is 81.9 cm³/mol. The number of carbonyl (C=O) groups excluding carboxylic acids is 1. The van der Waals surface area contributed by atoms with Gasteiger partial charge in [0, 0.05) is 12.1 Å². The topological polar surface area (TPSA) is 47.6 Å². The van der Waals surface area contributed by atoms with Crippen molar-refractivity contribution in [3.8, 4) is 11.5 Å². The van der Waals surface area contributed by atoms with E-state index in [1.54, 1.807) is 19.1 Å². The molecule has 0 fully saturated rings. The van der Waals surface area contributed by atoms with Gasteiger partial charge < -0.3 is 14.8 Å². The Hall–Kier alpha value is -2.70. The first kappa shape index (κ1) is 17.7. The molecule has 7 heteroatoms. The number of carbonyl (C=O) groups is 1. The molecule has 2 rings (SSSR count). The lowest BCUT2D eigenvalue weighted by atomic mass is 10.1. The van der Waals surface area contributed by atoms with Crippen molar-refractivity contribution in [3.05, 3.63) is 58.9 Å². The molecule has 0 atom stereocenters. The van der Waals surface area contributed by atoms with Crippen LogP contribution < -0.4 is 14.8 Å². The fourth-order valence-electron chi connectivity index (χ4n) is 2.03. The van der Waals surface area contributed by atoms with Crippen molar-refractivity contribution in [2.75, 3.05) is 7.11 Å². The second kappa shape index (κ2) is 7.72. The standard InChI is InChI=1S/C17H16F3NO3/c1-10-3-4-11(7-13(10)18)9-21-16(22)12-5-6-14(24-17(19)20)15(8-12)23-2/h3-8,17H,9H2,1-2H3,(H,21,22). The normalized spacial score (nSPS) is 10.6. The van der Waals surface area contributed by atoms with Gasteiger partial charge in [-0.3, -0.25) is 4.79 Å². The molecule has 128 valence electrons. The van der Waals surface area contributed by atoms with Gasteiger partial charge in [0.25, 0.3) is 5.91 Å². The summed E-state index contributed by atoms with van der Waals surface area (Å²) in [7, 11) is 1.28. The van der Waals surface area contributed by atoms with Crippen LogP contribution in [0.15, 0.2) is 36.4 Å². The first-order chi connectivity index (χ1) is 11.4. The van der Waals surface area contributed by atoms with Gasteiger partial charge in [0.1, 0.15) is 5.82 Å². The molecule has 0 saturated carbocycles. The van der Waals surface area contributed by atoms with E-state index < -0.39 is 12.5 Å². The summed E-state index contributed by atoms with van der Waals surface area (Å²) in [6.45, 7) is -1.21. The average molecular weight is 339 g/mol. The monoisotopic (exact) mass is 339 g/mol. The lowest BCUT2D eigenvalue weighted by Crippen LogP contribution is -2.23. The molecule has 2 aromatic carbocycles. The summed E-state index contributed by atoms with van der Waals surface area (Å²) in [4.78, 5) is 12.1. The van der Waals surface area contributed by atoms with Crippen LogP contribution in [0, 0.1) is 12.7 Å². The van der Waals surface area contributed by atoms with Gasteiger partial charge in [0.2, 0.25) is 0 Å². The van der Waals surface area contributed by atoms with Crippen LogP contribution in [0.25, 0.3) is 0 Å². The number of methoxy groups -OCH3 is 1. The molecule has 2 aromatic rings. The van der Waals surface area contributed by atoms with Crippen LogP contribution in [0.5, 0.6) is 11.5 Å². The Morgan fingerprint density at radius 1 is 1.17 bits per heavy atom. The number of nitrogens with one attached hydrogen (secondary N) is 1. The third-order valence-corrected chi connectivity index (χ3v) is 3.33. The smallest absolute Gasteiger partial charge is 0.387 e. The minimum Gasteiger partial charge on any atom is -0.493 e. The highest BCUT2D eigenvalue weighted by Gasteiger charge is 2.14. The van der Waals surface area contributed by atoms with Crippen molar-refractivity contribution >= 4 is 5.91 Å². The van der Waals surface area contributed by atoms with E-state index in [9.17, 15) is 18.0 Å². The van der Waals surface area contributed by atoms with Gasteiger partial charge in [-0.05, 0) is 42.3 Å². The maximum absolute atomic E-state index is 13.5. The summed E-state index contributed by atoms with van der Waals surface area (Å²) < 4.78 is 47.3. The van der Waals surface area contributed by atoms with Crippen molar-refractivity contribution in [3.63, 3.8) is 0 Å². The van der Waals surface area contributed by atoms with E-state index in [1.165, 1.54) is 31.4 Å². The van der Waals surface area contributed by atoms with Crippen LogP contribution in [0.4, 0.5) is 13.2 Å². The Kier molecular flexibility index (Phi) is 5.68. The molecule has 0 radical (unpaired) electrons. The number of rotatable bonds is 6. The minimum atomic E-state index is -2.99. The van der Waals surface area contributed by atoms with Crippen molar-refractivity contribution in [2.24, 2.45) is 0 Å². The average Bonchev–Trinajstić information content (AvgIpc) is 2.55. The van der Waals surface area contributed by atoms with Crippen LogP contribution >= 0.6 is 0 Å². The highest BCUT2D eigenvalue weighted by atomic mass is 19.3. The van der Waals surface area contributed by atoms with Crippen LogP contribution in [0.3, 0.4) is 0 Å². The largest absolute Gasteiger partial charge is 0.493 e. The van der Waals surface area contributed by atoms with E-state index in [0.29, 0.717) is 11.1 Å². The Labute approximate surface area is 137 Å². The third-order valence-electron chi connectivity index (χ3n) is 3.33. The fourth-order valence-corrected chi connectivity index (χ4v) is 2.03. The second-order valence-corrected chi connectivity index (χ2v) is 5.01.